The van der Waals surface area contributed by atoms with Crippen molar-refractivity contribution in [3.63, 3.8) is 0 Å². The van der Waals surface area contributed by atoms with Crippen molar-refractivity contribution in [3.8, 4) is 5.75 Å². The van der Waals surface area contributed by atoms with E-state index in [9.17, 15) is 4.39 Å². The zero-order valence-electron chi connectivity index (χ0n) is 9.85. The SMILES string of the molecule is COc1cc(CCC2(N)CC2)cc(F)c1C. The Balaban J connectivity index is 2.11. The highest BCUT2D eigenvalue weighted by atomic mass is 19.1. The van der Waals surface area contributed by atoms with E-state index in [4.69, 9.17) is 10.5 Å². The summed E-state index contributed by atoms with van der Waals surface area (Å²) in [6.45, 7) is 1.73. The standard InChI is InChI=1S/C13H18FNO/c1-9-11(14)7-10(8-12(9)16-2)3-4-13(15)5-6-13/h7-8H,3-6,15H2,1-2H3. The van der Waals surface area contributed by atoms with E-state index in [-0.39, 0.29) is 11.4 Å². The Morgan fingerprint density at radius 3 is 2.69 bits per heavy atom. The molecule has 1 aromatic rings. The number of rotatable bonds is 4. The average Bonchev–Trinajstić information content (AvgIpc) is 2.99. The maximum atomic E-state index is 13.6. The summed E-state index contributed by atoms with van der Waals surface area (Å²) in [7, 11) is 1.57. The predicted molar refractivity (Wildman–Crippen MR) is 62.2 cm³/mol. The van der Waals surface area contributed by atoms with Crippen LogP contribution >= 0.6 is 0 Å². The summed E-state index contributed by atoms with van der Waals surface area (Å²) in [4.78, 5) is 0. The number of halogens is 1. The third-order valence-electron chi connectivity index (χ3n) is 3.38. The van der Waals surface area contributed by atoms with E-state index < -0.39 is 0 Å². The molecule has 1 aromatic carbocycles. The summed E-state index contributed by atoms with van der Waals surface area (Å²) in [5.74, 6) is 0.424. The highest BCUT2D eigenvalue weighted by Gasteiger charge is 2.37. The van der Waals surface area contributed by atoms with E-state index in [1.54, 1.807) is 20.1 Å². The maximum absolute atomic E-state index is 13.6. The van der Waals surface area contributed by atoms with Crippen LogP contribution in [-0.2, 0) is 6.42 Å². The summed E-state index contributed by atoms with van der Waals surface area (Å²) >= 11 is 0. The molecule has 0 unspecified atom stereocenters. The first kappa shape index (κ1) is 11.4. The van der Waals surface area contributed by atoms with Gasteiger partial charge in [-0.2, -0.15) is 0 Å². The molecule has 0 atom stereocenters. The van der Waals surface area contributed by atoms with Crippen LogP contribution in [0.4, 0.5) is 4.39 Å². The molecule has 2 rings (SSSR count). The molecule has 1 aliphatic carbocycles. The summed E-state index contributed by atoms with van der Waals surface area (Å²) in [5.41, 5.74) is 7.57. The van der Waals surface area contributed by atoms with Gasteiger partial charge in [0.25, 0.3) is 0 Å². The minimum atomic E-state index is -0.198. The summed E-state index contributed by atoms with van der Waals surface area (Å²) in [6.07, 6.45) is 3.94. The molecule has 0 amide bonds. The molecule has 1 fully saturated rings. The fourth-order valence-corrected chi connectivity index (χ4v) is 1.87. The molecule has 2 N–H and O–H groups in total. The van der Waals surface area contributed by atoms with E-state index in [0.717, 1.165) is 31.2 Å². The topological polar surface area (TPSA) is 35.2 Å². The number of aryl methyl sites for hydroxylation is 1. The lowest BCUT2D eigenvalue weighted by Gasteiger charge is -2.11. The van der Waals surface area contributed by atoms with E-state index >= 15 is 0 Å². The van der Waals surface area contributed by atoms with Crippen LogP contribution in [0.15, 0.2) is 12.1 Å². The third kappa shape index (κ3) is 2.35. The Bertz CT molecular complexity index is 399. The Labute approximate surface area is 95.6 Å². The molecular weight excluding hydrogens is 205 g/mol. The van der Waals surface area contributed by atoms with Gasteiger partial charge in [0.2, 0.25) is 0 Å². The van der Waals surface area contributed by atoms with Crippen LogP contribution in [0.2, 0.25) is 0 Å². The van der Waals surface area contributed by atoms with Crippen molar-refractivity contribution in [3.05, 3.63) is 29.1 Å². The van der Waals surface area contributed by atoms with Gasteiger partial charge in [-0.3, -0.25) is 0 Å². The van der Waals surface area contributed by atoms with Crippen LogP contribution in [-0.4, -0.2) is 12.6 Å². The van der Waals surface area contributed by atoms with Gasteiger partial charge >= 0.3 is 0 Å². The molecule has 88 valence electrons. The van der Waals surface area contributed by atoms with Gasteiger partial charge in [0.1, 0.15) is 11.6 Å². The van der Waals surface area contributed by atoms with Crippen molar-refractivity contribution in [1.82, 2.24) is 0 Å². The van der Waals surface area contributed by atoms with Crippen LogP contribution in [0.3, 0.4) is 0 Å². The Kier molecular flexibility index (Phi) is 2.89. The van der Waals surface area contributed by atoms with Crippen molar-refractivity contribution in [2.45, 2.75) is 38.1 Å². The van der Waals surface area contributed by atoms with Crippen molar-refractivity contribution < 1.29 is 9.13 Å². The van der Waals surface area contributed by atoms with Crippen molar-refractivity contribution in [2.75, 3.05) is 7.11 Å². The number of hydrogen-bond donors (Lipinski definition) is 1. The molecule has 1 saturated carbocycles. The molecule has 0 spiro atoms. The van der Waals surface area contributed by atoms with Gasteiger partial charge in [0.05, 0.1) is 7.11 Å². The van der Waals surface area contributed by atoms with E-state index in [0.29, 0.717) is 11.3 Å². The highest BCUT2D eigenvalue weighted by molar-refractivity contribution is 5.38. The molecule has 0 radical (unpaired) electrons. The summed E-state index contributed by atoms with van der Waals surface area (Å²) in [5, 5.41) is 0. The van der Waals surface area contributed by atoms with E-state index in [2.05, 4.69) is 0 Å². The molecular formula is C13H18FNO. The summed E-state index contributed by atoms with van der Waals surface area (Å²) in [6, 6.07) is 3.49. The van der Waals surface area contributed by atoms with Gasteiger partial charge in [-0.25, -0.2) is 4.39 Å². The second-order valence-electron chi connectivity index (χ2n) is 4.77. The smallest absolute Gasteiger partial charge is 0.130 e. The van der Waals surface area contributed by atoms with Gasteiger partial charge in [0, 0.05) is 11.1 Å². The van der Waals surface area contributed by atoms with E-state index in [1.165, 1.54) is 0 Å². The predicted octanol–water partition coefficient (Wildman–Crippen LogP) is 2.57. The minimum absolute atomic E-state index is 0.0224. The number of hydrogen-bond acceptors (Lipinski definition) is 2. The van der Waals surface area contributed by atoms with Gasteiger partial charge in [-0.15, -0.1) is 0 Å². The third-order valence-corrected chi connectivity index (χ3v) is 3.38. The second kappa shape index (κ2) is 4.06. The zero-order chi connectivity index (χ0) is 11.8. The number of nitrogens with two attached hydrogens (primary N) is 1. The fourth-order valence-electron chi connectivity index (χ4n) is 1.87. The van der Waals surface area contributed by atoms with Crippen LogP contribution in [0, 0.1) is 12.7 Å². The van der Waals surface area contributed by atoms with Gasteiger partial charge < -0.3 is 10.5 Å². The molecule has 0 saturated heterocycles. The average molecular weight is 223 g/mol. The fraction of sp³-hybridized carbons (Fsp3) is 0.538. The number of ether oxygens (including phenoxy) is 1. The first-order valence-electron chi connectivity index (χ1n) is 5.66. The minimum Gasteiger partial charge on any atom is -0.496 e. The van der Waals surface area contributed by atoms with Crippen LogP contribution in [0.25, 0.3) is 0 Å². The zero-order valence-corrected chi connectivity index (χ0v) is 9.85. The molecule has 0 aliphatic heterocycles. The molecule has 3 heteroatoms. The molecule has 0 heterocycles. The van der Waals surface area contributed by atoms with E-state index in [1.807, 2.05) is 6.07 Å². The maximum Gasteiger partial charge on any atom is 0.130 e. The first-order chi connectivity index (χ1) is 7.54. The number of methoxy groups -OCH3 is 1. The van der Waals surface area contributed by atoms with Gasteiger partial charge in [0.15, 0.2) is 0 Å². The monoisotopic (exact) mass is 223 g/mol. The summed E-state index contributed by atoms with van der Waals surface area (Å²) < 4.78 is 18.7. The van der Waals surface area contributed by atoms with Crippen molar-refractivity contribution >= 4 is 0 Å². The lowest BCUT2D eigenvalue weighted by molar-refractivity contribution is 0.406. The number of benzene rings is 1. The first-order valence-corrected chi connectivity index (χ1v) is 5.66. The molecule has 0 bridgehead atoms. The Morgan fingerprint density at radius 1 is 1.44 bits per heavy atom. The van der Waals surface area contributed by atoms with Gasteiger partial charge in [-0.1, -0.05) is 0 Å². The normalized spacial score (nSPS) is 17.2. The van der Waals surface area contributed by atoms with Crippen LogP contribution < -0.4 is 10.5 Å². The van der Waals surface area contributed by atoms with Crippen molar-refractivity contribution in [1.29, 1.82) is 0 Å². The Hall–Kier alpha value is -1.09. The quantitative estimate of drug-likeness (QED) is 0.851. The molecule has 1 aliphatic rings. The molecule has 2 nitrogen and oxygen atoms in total. The van der Waals surface area contributed by atoms with Gasteiger partial charge in [-0.05, 0) is 50.3 Å². The van der Waals surface area contributed by atoms with Crippen molar-refractivity contribution in [2.24, 2.45) is 5.73 Å². The lowest BCUT2D eigenvalue weighted by atomic mass is 10.0. The largest absolute Gasteiger partial charge is 0.496 e. The molecule has 0 aromatic heterocycles. The lowest BCUT2D eigenvalue weighted by Crippen LogP contribution is -2.22. The second-order valence-corrected chi connectivity index (χ2v) is 4.77. The van der Waals surface area contributed by atoms with Crippen LogP contribution in [0.1, 0.15) is 30.4 Å². The molecule has 16 heavy (non-hydrogen) atoms. The van der Waals surface area contributed by atoms with Crippen LogP contribution in [0.5, 0.6) is 5.75 Å². The Morgan fingerprint density at radius 2 is 2.12 bits per heavy atom. The highest BCUT2D eigenvalue weighted by Crippen LogP contribution is 2.37.